The molecule has 0 aliphatic heterocycles. The van der Waals surface area contributed by atoms with Crippen LogP contribution < -0.4 is 0 Å². The van der Waals surface area contributed by atoms with E-state index in [1.165, 1.54) is 18.2 Å². The van der Waals surface area contributed by atoms with Crippen LogP contribution >= 0.6 is 0 Å². The molecule has 2 rings (SSSR count). The van der Waals surface area contributed by atoms with Crippen LogP contribution in [0.1, 0.15) is 18.3 Å². The number of fused-ring (bicyclic) bond motifs is 1. The molecule has 0 N–H and O–H groups in total. The van der Waals surface area contributed by atoms with Crippen LogP contribution in [-0.4, -0.2) is 30.5 Å². The zero-order chi connectivity index (χ0) is 18.6. The highest BCUT2D eigenvalue weighted by atomic mass is 19.4. The van der Waals surface area contributed by atoms with Crippen molar-refractivity contribution in [1.82, 2.24) is 4.98 Å². The highest BCUT2D eigenvalue weighted by Crippen LogP contribution is 2.37. The van der Waals surface area contributed by atoms with Gasteiger partial charge in [-0.15, -0.1) is 0 Å². The summed E-state index contributed by atoms with van der Waals surface area (Å²) in [5.74, 6) is -0.615. The van der Waals surface area contributed by atoms with Crippen molar-refractivity contribution >= 4 is 40.8 Å². The Balaban J connectivity index is 2.67. The first-order valence-electron chi connectivity index (χ1n) is 7.29. The number of pyridine rings is 1. The molecule has 0 radical (unpaired) electrons. The van der Waals surface area contributed by atoms with E-state index in [0.29, 0.717) is 11.1 Å². The van der Waals surface area contributed by atoms with Gasteiger partial charge >= 0.3 is 12.1 Å². The number of carbonyl (C=O) groups is 1. The van der Waals surface area contributed by atoms with E-state index in [1.807, 2.05) is 0 Å². The predicted molar refractivity (Wildman–Crippen MR) is 91.7 cm³/mol. The number of benzene rings is 1. The number of rotatable bonds is 5. The Morgan fingerprint density at radius 1 is 1.36 bits per heavy atom. The zero-order valence-corrected chi connectivity index (χ0v) is 13.4. The maximum absolute atomic E-state index is 13.1. The molecule has 130 valence electrons. The normalized spacial score (nSPS) is 11.7. The highest BCUT2D eigenvalue weighted by molar-refractivity contribution is 6.00. The molecule has 0 aliphatic rings. The lowest BCUT2D eigenvalue weighted by atomic mass is 10.0. The van der Waals surface area contributed by atoms with Crippen molar-refractivity contribution in [3.63, 3.8) is 0 Å². The summed E-state index contributed by atoms with van der Waals surface area (Å²) in [6.45, 7) is 8.38. The first-order chi connectivity index (χ1) is 11.8. The minimum absolute atomic E-state index is 0.150. The van der Waals surface area contributed by atoms with E-state index in [1.54, 1.807) is 19.1 Å². The van der Waals surface area contributed by atoms with Gasteiger partial charge in [-0.25, -0.2) is 9.78 Å². The first kappa shape index (κ1) is 18.4. The lowest BCUT2D eigenvalue weighted by molar-refractivity contribution is -0.137. The molecule has 0 bridgehead atoms. The van der Waals surface area contributed by atoms with E-state index in [0.717, 1.165) is 6.08 Å². The Morgan fingerprint density at radius 3 is 2.68 bits per heavy atom. The smallest absolute Gasteiger partial charge is 0.417 e. The number of ether oxygens (including phenoxy) is 1. The maximum atomic E-state index is 13.1. The van der Waals surface area contributed by atoms with Crippen LogP contribution in [0.4, 0.5) is 18.9 Å². The van der Waals surface area contributed by atoms with Gasteiger partial charge in [0.1, 0.15) is 0 Å². The van der Waals surface area contributed by atoms with E-state index in [2.05, 4.69) is 23.3 Å². The molecule has 0 aliphatic carbocycles. The Morgan fingerprint density at radius 2 is 2.08 bits per heavy atom. The summed E-state index contributed by atoms with van der Waals surface area (Å²) < 4.78 is 44.1. The monoisotopic (exact) mass is 348 g/mol. The quantitative estimate of drug-likeness (QED) is 0.446. The van der Waals surface area contributed by atoms with E-state index in [4.69, 9.17) is 4.74 Å². The first-order valence-corrected chi connectivity index (χ1v) is 7.29. The third-order valence-electron chi connectivity index (χ3n) is 3.35. The molecule has 1 aromatic carbocycles. The van der Waals surface area contributed by atoms with Crippen molar-refractivity contribution in [2.45, 2.75) is 13.1 Å². The van der Waals surface area contributed by atoms with Crippen molar-refractivity contribution in [3.05, 3.63) is 48.3 Å². The summed E-state index contributed by atoms with van der Waals surface area (Å²) in [4.78, 5) is 19.2. The van der Waals surface area contributed by atoms with E-state index < -0.39 is 17.7 Å². The van der Waals surface area contributed by atoms with Crippen LogP contribution in [0.3, 0.4) is 0 Å². The lowest BCUT2D eigenvalue weighted by Gasteiger charge is -2.14. The minimum Gasteiger partial charge on any atom is -0.463 e. The summed E-state index contributed by atoms with van der Waals surface area (Å²) in [5, 5.41) is 0.678. The van der Waals surface area contributed by atoms with Crippen molar-refractivity contribution in [2.24, 2.45) is 4.99 Å². The summed E-state index contributed by atoms with van der Waals surface area (Å²) in [7, 11) is 0. The molecule has 0 unspecified atom stereocenters. The molecule has 4 nitrogen and oxygen atoms in total. The van der Waals surface area contributed by atoms with Gasteiger partial charge in [-0.2, -0.15) is 13.2 Å². The van der Waals surface area contributed by atoms with Crippen LogP contribution in [0, 0.1) is 0 Å². The number of carbonyl (C=O) groups excluding carboxylic acids is 1. The molecule has 1 aromatic heterocycles. The van der Waals surface area contributed by atoms with Crippen molar-refractivity contribution in [2.75, 3.05) is 6.61 Å². The predicted octanol–water partition coefficient (Wildman–Crippen LogP) is 4.72. The number of aromatic nitrogens is 1. The molecule has 2 aromatic rings. The molecule has 0 saturated heterocycles. The third-order valence-corrected chi connectivity index (χ3v) is 3.35. The van der Waals surface area contributed by atoms with Gasteiger partial charge in [0.15, 0.2) is 0 Å². The van der Waals surface area contributed by atoms with Gasteiger partial charge in [-0.3, -0.25) is 4.99 Å². The Hall–Kier alpha value is -2.96. The molecule has 0 fully saturated rings. The summed E-state index contributed by atoms with van der Waals surface area (Å²) >= 11 is 0. The van der Waals surface area contributed by atoms with Crippen LogP contribution in [-0.2, 0) is 9.53 Å². The van der Waals surface area contributed by atoms with E-state index >= 15 is 0 Å². The number of hydrogen-bond donors (Lipinski definition) is 0. The molecule has 0 saturated carbocycles. The molecule has 0 spiro atoms. The van der Waals surface area contributed by atoms with Gasteiger partial charge in [-0.1, -0.05) is 18.7 Å². The number of aliphatic imine (C=N–C) groups is 1. The molecule has 25 heavy (non-hydrogen) atoms. The second-order valence-corrected chi connectivity index (χ2v) is 4.99. The van der Waals surface area contributed by atoms with Gasteiger partial charge in [-0.05, 0) is 31.9 Å². The molecular weight excluding hydrogens is 333 g/mol. The summed E-state index contributed by atoms with van der Waals surface area (Å²) in [5.41, 5.74) is -0.844. The second-order valence-electron chi connectivity index (χ2n) is 4.99. The summed E-state index contributed by atoms with van der Waals surface area (Å²) in [6, 6.07) is 6.22. The van der Waals surface area contributed by atoms with E-state index in [-0.39, 0.29) is 23.4 Å². The fraction of sp³-hybridized carbons (Fsp3) is 0.167. The van der Waals surface area contributed by atoms with Gasteiger partial charge < -0.3 is 4.74 Å². The molecule has 7 heteroatoms. The van der Waals surface area contributed by atoms with Crippen LogP contribution in [0.2, 0.25) is 0 Å². The highest BCUT2D eigenvalue weighted by Gasteiger charge is 2.35. The standard InChI is InChI=1S/C18H15F3N2O2/c1-4-25-16(24)9-8-12-10-14-13(6-5-7-15(14)22-3)17(23-12)11(2)18(19,20)21/h5-10H,2-4H2,1H3/b9-8+. The van der Waals surface area contributed by atoms with Crippen LogP contribution in [0.5, 0.6) is 0 Å². The average molecular weight is 348 g/mol. The van der Waals surface area contributed by atoms with Crippen molar-refractivity contribution in [3.8, 4) is 0 Å². The number of halogens is 3. The number of esters is 1. The molecule has 0 amide bonds. The zero-order valence-electron chi connectivity index (χ0n) is 13.4. The number of nitrogens with zero attached hydrogens (tertiary/aromatic N) is 2. The largest absolute Gasteiger partial charge is 0.463 e. The minimum atomic E-state index is -4.64. The molecule has 0 atom stereocenters. The van der Waals surface area contributed by atoms with Gasteiger partial charge in [0, 0.05) is 16.8 Å². The number of alkyl halides is 3. The second kappa shape index (κ2) is 7.29. The molecule has 1 heterocycles. The van der Waals surface area contributed by atoms with Crippen LogP contribution in [0.25, 0.3) is 22.4 Å². The Kier molecular flexibility index (Phi) is 5.36. The fourth-order valence-corrected chi connectivity index (χ4v) is 2.21. The van der Waals surface area contributed by atoms with Gasteiger partial charge in [0.05, 0.1) is 29.3 Å². The molecular formula is C18H15F3N2O2. The SMILES string of the molecule is C=Nc1cccc2c(C(=C)C(F)(F)F)nc(/C=C/C(=O)OCC)cc12. The average Bonchev–Trinajstić information content (AvgIpc) is 2.57. The van der Waals surface area contributed by atoms with Crippen LogP contribution in [0.15, 0.2) is 41.9 Å². The van der Waals surface area contributed by atoms with Crippen molar-refractivity contribution in [1.29, 1.82) is 0 Å². The lowest BCUT2D eigenvalue weighted by Crippen LogP contribution is -2.11. The van der Waals surface area contributed by atoms with Crippen molar-refractivity contribution < 1.29 is 22.7 Å². The Labute approximate surface area is 142 Å². The third kappa shape index (κ3) is 4.12. The van der Waals surface area contributed by atoms with Gasteiger partial charge in [0.25, 0.3) is 0 Å². The van der Waals surface area contributed by atoms with Gasteiger partial charge in [0.2, 0.25) is 0 Å². The fourth-order valence-electron chi connectivity index (χ4n) is 2.21. The van der Waals surface area contributed by atoms with E-state index in [9.17, 15) is 18.0 Å². The maximum Gasteiger partial charge on any atom is 0.417 e. The topological polar surface area (TPSA) is 51.5 Å². The number of allylic oxidation sites excluding steroid dienone is 1. The summed E-state index contributed by atoms with van der Waals surface area (Å²) in [6.07, 6.45) is -2.26. The number of hydrogen-bond acceptors (Lipinski definition) is 4. The Bertz CT molecular complexity index is 870.